The second-order valence-electron chi connectivity index (χ2n) is 3.41. The standard InChI is InChI=1S/C12H8Cl2O2S/c13-11-5-4-9(7-12(11)14)8-2-1-3-10(6-8)17(15)16/h1-7H,(H,15,16). The Labute approximate surface area is 111 Å². The number of hydrogen-bond acceptors (Lipinski definition) is 1. The van der Waals surface area contributed by atoms with Gasteiger partial charge in [-0.3, -0.25) is 0 Å². The van der Waals surface area contributed by atoms with Crippen LogP contribution in [0.2, 0.25) is 10.0 Å². The smallest absolute Gasteiger partial charge is 0.186 e. The zero-order valence-electron chi connectivity index (χ0n) is 8.56. The van der Waals surface area contributed by atoms with Gasteiger partial charge < -0.3 is 4.55 Å². The third kappa shape index (κ3) is 2.87. The van der Waals surface area contributed by atoms with Gasteiger partial charge in [-0.25, -0.2) is 4.21 Å². The molecule has 0 saturated heterocycles. The van der Waals surface area contributed by atoms with Crippen LogP contribution in [0.1, 0.15) is 0 Å². The molecule has 5 heteroatoms. The molecule has 0 radical (unpaired) electrons. The van der Waals surface area contributed by atoms with Crippen LogP contribution in [0.4, 0.5) is 0 Å². The van der Waals surface area contributed by atoms with Crippen LogP contribution in [0.3, 0.4) is 0 Å². The predicted molar refractivity (Wildman–Crippen MR) is 70.9 cm³/mol. The van der Waals surface area contributed by atoms with Gasteiger partial charge in [0.15, 0.2) is 11.1 Å². The van der Waals surface area contributed by atoms with Gasteiger partial charge in [0.25, 0.3) is 0 Å². The molecule has 1 unspecified atom stereocenters. The molecule has 0 aromatic heterocycles. The van der Waals surface area contributed by atoms with Crippen LogP contribution in [-0.2, 0) is 11.1 Å². The summed E-state index contributed by atoms with van der Waals surface area (Å²) in [4.78, 5) is 0.355. The van der Waals surface area contributed by atoms with Crippen LogP contribution in [0.5, 0.6) is 0 Å². The molecule has 2 aromatic rings. The van der Waals surface area contributed by atoms with E-state index in [0.717, 1.165) is 11.1 Å². The molecular weight excluding hydrogens is 279 g/mol. The van der Waals surface area contributed by atoms with E-state index in [0.29, 0.717) is 14.9 Å². The van der Waals surface area contributed by atoms with E-state index in [2.05, 4.69) is 0 Å². The summed E-state index contributed by atoms with van der Waals surface area (Å²) in [5.41, 5.74) is 1.68. The van der Waals surface area contributed by atoms with Crippen molar-refractivity contribution in [1.82, 2.24) is 0 Å². The van der Waals surface area contributed by atoms with Gasteiger partial charge in [-0.15, -0.1) is 0 Å². The van der Waals surface area contributed by atoms with Crippen molar-refractivity contribution in [1.29, 1.82) is 0 Å². The van der Waals surface area contributed by atoms with E-state index >= 15 is 0 Å². The Morgan fingerprint density at radius 3 is 2.29 bits per heavy atom. The molecule has 0 spiro atoms. The van der Waals surface area contributed by atoms with Crippen molar-refractivity contribution in [2.75, 3.05) is 0 Å². The Bertz CT molecular complexity index is 584. The Kier molecular flexibility index (Phi) is 3.84. The first-order chi connectivity index (χ1) is 8.08. The number of halogens is 2. The lowest BCUT2D eigenvalue weighted by Gasteiger charge is -2.04. The highest BCUT2D eigenvalue weighted by atomic mass is 35.5. The molecule has 0 fully saturated rings. The maximum absolute atomic E-state index is 11.0. The van der Waals surface area contributed by atoms with Crippen molar-refractivity contribution in [3.05, 3.63) is 52.5 Å². The van der Waals surface area contributed by atoms with Crippen LogP contribution in [0.25, 0.3) is 11.1 Å². The molecule has 88 valence electrons. The van der Waals surface area contributed by atoms with E-state index in [1.165, 1.54) is 0 Å². The molecule has 2 nitrogen and oxygen atoms in total. The minimum atomic E-state index is -1.98. The topological polar surface area (TPSA) is 37.3 Å². The molecule has 0 aliphatic rings. The van der Waals surface area contributed by atoms with Crippen molar-refractivity contribution in [3.8, 4) is 11.1 Å². The van der Waals surface area contributed by atoms with Crippen molar-refractivity contribution in [3.63, 3.8) is 0 Å². The van der Waals surface area contributed by atoms with Crippen LogP contribution in [0, 0.1) is 0 Å². The fourth-order valence-electron chi connectivity index (χ4n) is 1.46. The summed E-state index contributed by atoms with van der Waals surface area (Å²) in [5.74, 6) is 0. The minimum Gasteiger partial charge on any atom is -0.302 e. The third-order valence-electron chi connectivity index (χ3n) is 2.29. The molecule has 0 aliphatic carbocycles. The van der Waals surface area contributed by atoms with Crippen molar-refractivity contribution < 1.29 is 8.76 Å². The molecule has 0 bridgehead atoms. The molecule has 2 aromatic carbocycles. The summed E-state index contributed by atoms with van der Waals surface area (Å²) in [6.45, 7) is 0. The van der Waals surface area contributed by atoms with Gasteiger partial charge in [0.05, 0.1) is 14.9 Å². The van der Waals surface area contributed by atoms with E-state index in [-0.39, 0.29) is 0 Å². The Balaban J connectivity index is 2.49. The third-order valence-corrected chi connectivity index (χ3v) is 3.68. The van der Waals surface area contributed by atoms with Crippen molar-refractivity contribution in [2.24, 2.45) is 0 Å². The average Bonchev–Trinajstić information content (AvgIpc) is 2.33. The first-order valence-corrected chi connectivity index (χ1v) is 6.60. The van der Waals surface area contributed by atoms with Gasteiger partial charge in [-0.05, 0) is 35.4 Å². The minimum absolute atomic E-state index is 0.355. The van der Waals surface area contributed by atoms with E-state index in [1.807, 2.05) is 12.1 Å². The summed E-state index contributed by atoms with van der Waals surface area (Å²) < 4.78 is 20.0. The molecule has 0 heterocycles. The highest BCUT2D eigenvalue weighted by Gasteiger charge is 2.05. The normalized spacial score (nSPS) is 12.4. The van der Waals surface area contributed by atoms with Crippen LogP contribution >= 0.6 is 23.2 Å². The highest BCUT2D eigenvalue weighted by Crippen LogP contribution is 2.29. The van der Waals surface area contributed by atoms with Gasteiger partial charge in [0, 0.05) is 0 Å². The zero-order valence-corrected chi connectivity index (χ0v) is 10.9. The molecular formula is C12H8Cl2O2S. The Hall–Kier alpha value is -0.870. The van der Waals surface area contributed by atoms with E-state index in [9.17, 15) is 4.21 Å². The lowest BCUT2D eigenvalue weighted by molar-refractivity contribution is 0.564. The summed E-state index contributed by atoms with van der Waals surface area (Å²) in [6, 6.07) is 12.0. The van der Waals surface area contributed by atoms with Crippen LogP contribution in [0.15, 0.2) is 47.4 Å². The fourth-order valence-corrected chi connectivity index (χ4v) is 2.18. The number of benzene rings is 2. The largest absolute Gasteiger partial charge is 0.302 e. The van der Waals surface area contributed by atoms with E-state index in [1.54, 1.807) is 30.3 Å². The molecule has 2 rings (SSSR count). The SMILES string of the molecule is O=S(O)c1cccc(-c2ccc(Cl)c(Cl)c2)c1. The first kappa shape index (κ1) is 12.6. The van der Waals surface area contributed by atoms with Gasteiger partial charge >= 0.3 is 0 Å². The van der Waals surface area contributed by atoms with Crippen LogP contribution in [-0.4, -0.2) is 8.76 Å². The average molecular weight is 287 g/mol. The Morgan fingerprint density at radius 2 is 1.65 bits per heavy atom. The van der Waals surface area contributed by atoms with Crippen molar-refractivity contribution >= 4 is 34.3 Å². The van der Waals surface area contributed by atoms with Gasteiger partial charge in [-0.2, -0.15) is 0 Å². The van der Waals surface area contributed by atoms with Gasteiger partial charge in [-0.1, -0.05) is 41.4 Å². The molecule has 1 atom stereocenters. The molecule has 17 heavy (non-hydrogen) atoms. The first-order valence-electron chi connectivity index (χ1n) is 4.74. The van der Waals surface area contributed by atoms with E-state index in [4.69, 9.17) is 27.8 Å². The van der Waals surface area contributed by atoms with Crippen molar-refractivity contribution in [2.45, 2.75) is 4.90 Å². The van der Waals surface area contributed by atoms with E-state index < -0.39 is 11.1 Å². The fraction of sp³-hybridized carbons (Fsp3) is 0. The summed E-state index contributed by atoms with van der Waals surface area (Å²) >= 11 is 9.77. The van der Waals surface area contributed by atoms with Crippen LogP contribution < -0.4 is 0 Å². The summed E-state index contributed by atoms with van der Waals surface area (Å²) in [6.07, 6.45) is 0. The highest BCUT2D eigenvalue weighted by molar-refractivity contribution is 7.79. The zero-order chi connectivity index (χ0) is 12.4. The second kappa shape index (κ2) is 5.19. The molecule has 0 amide bonds. The molecule has 1 N–H and O–H groups in total. The number of rotatable bonds is 2. The lowest BCUT2D eigenvalue weighted by Crippen LogP contribution is -1.88. The number of hydrogen-bond donors (Lipinski definition) is 1. The second-order valence-corrected chi connectivity index (χ2v) is 5.19. The summed E-state index contributed by atoms with van der Waals surface area (Å²) in [5, 5.41) is 0.942. The lowest BCUT2D eigenvalue weighted by atomic mass is 10.1. The molecule has 0 aliphatic heterocycles. The quantitative estimate of drug-likeness (QED) is 0.839. The van der Waals surface area contributed by atoms with Gasteiger partial charge in [0.1, 0.15) is 0 Å². The van der Waals surface area contributed by atoms with Gasteiger partial charge in [0.2, 0.25) is 0 Å². The maximum Gasteiger partial charge on any atom is 0.186 e. The summed E-state index contributed by atoms with van der Waals surface area (Å²) in [7, 11) is 0. The molecule has 0 saturated carbocycles. The monoisotopic (exact) mass is 286 g/mol. The maximum atomic E-state index is 11.0. The Morgan fingerprint density at radius 1 is 0.941 bits per heavy atom. The predicted octanol–water partition coefficient (Wildman–Crippen LogP) is 4.24.